The summed E-state index contributed by atoms with van der Waals surface area (Å²) in [6.45, 7) is -0.0462. The fourth-order valence-electron chi connectivity index (χ4n) is 2.35. The fraction of sp³-hybridized carbons (Fsp3) is 0.211. The minimum absolute atomic E-state index is 0.0256. The first-order valence-corrected chi connectivity index (χ1v) is 8.60. The van der Waals surface area contributed by atoms with Gasteiger partial charge in [0.15, 0.2) is 0 Å². The summed E-state index contributed by atoms with van der Waals surface area (Å²) in [6.07, 6.45) is -0.0591. The van der Waals surface area contributed by atoms with Gasteiger partial charge in [-0.2, -0.15) is 0 Å². The summed E-state index contributed by atoms with van der Waals surface area (Å²) in [5.74, 6) is -2.08. The van der Waals surface area contributed by atoms with Gasteiger partial charge in [-0.1, -0.05) is 29.8 Å². The number of carbonyl (C=O) groups is 3. The van der Waals surface area contributed by atoms with Gasteiger partial charge in [0.25, 0.3) is 5.91 Å². The molecule has 0 fully saturated rings. The van der Waals surface area contributed by atoms with Crippen LogP contribution < -0.4 is 16.4 Å². The van der Waals surface area contributed by atoms with Crippen LogP contribution in [0.25, 0.3) is 0 Å². The van der Waals surface area contributed by atoms with Crippen LogP contribution in [0.5, 0.6) is 0 Å². The van der Waals surface area contributed by atoms with Gasteiger partial charge in [0.1, 0.15) is 11.9 Å². The molecule has 2 aromatic carbocycles. The number of nitrogens with two attached hydrogens (primary N) is 1. The van der Waals surface area contributed by atoms with E-state index in [0.29, 0.717) is 16.1 Å². The zero-order valence-electron chi connectivity index (χ0n) is 14.4. The molecule has 0 aliphatic carbocycles. The maximum absolute atomic E-state index is 13.7. The van der Waals surface area contributed by atoms with Crippen molar-refractivity contribution >= 4 is 29.3 Å². The highest BCUT2D eigenvalue weighted by Crippen LogP contribution is 2.10. The van der Waals surface area contributed by atoms with Crippen molar-refractivity contribution in [1.82, 2.24) is 10.6 Å². The van der Waals surface area contributed by atoms with Gasteiger partial charge in [-0.3, -0.25) is 14.4 Å². The molecular weight excluding hydrogens is 373 g/mol. The van der Waals surface area contributed by atoms with E-state index in [9.17, 15) is 18.8 Å². The van der Waals surface area contributed by atoms with Crippen molar-refractivity contribution in [2.45, 2.75) is 25.4 Å². The maximum atomic E-state index is 13.7. The molecular formula is C19H19ClFN3O3. The first kappa shape index (κ1) is 20.4. The number of rotatable bonds is 8. The van der Waals surface area contributed by atoms with Crippen molar-refractivity contribution in [1.29, 1.82) is 0 Å². The minimum atomic E-state index is -0.993. The Hall–Kier alpha value is -2.93. The summed E-state index contributed by atoms with van der Waals surface area (Å²) in [7, 11) is 0. The number of benzene rings is 2. The fourth-order valence-corrected chi connectivity index (χ4v) is 2.47. The van der Waals surface area contributed by atoms with Crippen LogP contribution >= 0.6 is 11.6 Å². The van der Waals surface area contributed by atoms with Gasteiger partial charge < -0.3 is 16.4 Å². The lowest BCUT2D eigenvalue weighted by Gasteiger charge is -2.18. The number of primary amides is 1. The first-order chi connectivity index (χ1) is 12.9. The molecule has 27 heavy (non-hydrogen) atoms. The Labute approximate surface area is 160 Å². The summed E-state index contributed by atoms with van der Waals surface area (Å²) in [4.78, 5) is 35.8. The van der Waals surface area contributed by atoms with E-state index in [1.54, 1.807) is 30.3 Å². The van der Waals surface area contributed by atoms with E-state index in [1.165, 1.54) is 18.2 Å². The number of hydrogen-bond donors (Lipinski definition) is 3. The molecule has 0 aromatic heterocycles. The van der Waals surface area contributed by atoms with E-state index in [0.717, 1.165) is 0 Å². The second-order valence-corrected chi connectivity index (χ2v) is 6.28. The van der Waals surface area contributed by atoms with E-state index >= 15 is 0 Å². The van der Waals surface area contributed by atoms with Crippen LogP contribution in [0.2, 0.25) is 5.02 Å². The third-order valence-corrected chi connectivity index (χ3v) is 4.07. The van der Waals surface area contributed by atoms with Crippen molar-refractivity contribution in [3.63, 3.8) is 0 Å². The van der Waals surface area contributed by atoms with E-state index in [2.05, 4.69) is 10.6 Å². The monoisotopic (exact) mass is 391 g/mol. The van der Waals surface area contributed by atoms with Crippen LogP contribution in [0.15, 0.2) is 48.5 Å². The number of carbonyl (C=O) groups excluding carboxylic acids is 3. The molecule has 142 valence electrons. The number of amides is 3. The molecule has 2 rings (SSSR count). The number of hydrogen-bond acceptors (Lipinski definition) is 3. The van der Waals surface area contributed by atoms with E-state index < -0.39 is 29.6 Å². The lowest BCUT2D eigenvalue weighted by Crippen LogP contribution is -2.47. The van der Waals surface area contributed by atoms with Gasteiger partial charge in [-0.05, 0) is 36.8 Å². The second-order valence-electron chi connectivity index (χ2n) is 5.85. The van der Waals surface area contributed by atoms with E-state index in [1.807, 2.05) is 0 Å². The molecule has 0 saturated carbocycles. The van der Waals surface area contributed by atoms with Crippen LogP contribution in [-0.4, -0.2) is 23.8 Å². The van der Waals surface area contributed by atoms with Crippen molar-refractivity contribution < 1.29 is 18.8 Å². The minimum Gasteiger partial charge on any atom is -0.370 e. The Kier molecular flexibility index (Phi) is 7.31. The van der Waals surface area contributed by atoms with Crippen molar-refractivity contribution in [2.24, 2.45) is 5.73 Å². The maximum Gasteiger partial charge on any atom is 0.251 e. The van der Waals surface area contributed by atoms with Gasteiger partial charge in [-0.25, -0.2) is 4.39 Å². The largest absolute Gasteiger partial charge is 0.370 e. The van der Waals surface area contributed by atoms with Crippen molar-refractivity contribution in [3.8, 4) is 0 Å². The van der Waals surface area contributed by atoms with Crippen LogP contribution in [-0.2, 0) is 16.1 Å². The summed E-state index contributed by atoms with van der Waals surface area (Å²) in [5.41, 5.74) is 5.76. The molecule has 0 aliphatic rings. The third-order valence-electron chi connectivity index (χ3n) is 3.82. The lowest BCUT2D eigenvalue weighted by molar-refractivity contribution is -0.123. The topological polar surface area (TPSA) is 101 Å². The number of halogens is 2. The Morgan fingerprint density at radius 2 is 1.74 bits per heavy atom. The van der Waals surface area contributed by atoms with E-state index in [-0.39, 0.29) is 19.4 Å². The molecule has 0 saturated heterocycles. The SMILES string of the molecule is NC(=O)CC[C@H](NC(=O)c1ccc(Cl)cc1)C(=O)NCc1ccccc1F. The second kappa shape index (κ2) is 9.68. The predicted molar refractivity (Wildman–Crippen MR) is 99.4 cm³/mol. The van der Waals surface area contributed by atoms with Gasteiger partial charge >= 0.3 is 0 Å². The normalized spacial score (nSPS) is 11.5. The Morgan fingerprint density at radius 3 is 2.37 bits per heavy atom. The Bertz CT molecular complexity index is 827. The molecule has 0 bridgehead atoms. The quantitative estimate of drug-likeness (QED) is 0.642. The Balaban J connectivity index is 2.04. The van der Waals surface area contributed by atoms with Crippen LogP contribution in [0, 0.1) is 5.82 Å². The van der Waals surface area contributed by atoms with Gasteiger partial charge in [-0.15, -0.1) is 0 Å². The number of nitrogens with one attached hydrogen (secondary N) is 2. The van der Waals surface area contributed by atoms with Crippen molar-refractivity contribution in [2.75, 3.05) is 0 Å². The van der Waals surface area contributed by atoms with Crippen LogP contribution in [0.4, 0.5) is 4.39 Å². The molecule has 0 aliphatic heterocycles. The standard InChI is InChI=1S/C19H19ClFN3O3/c20-14-7-5-12(6-8-14)18(26)24-16(9-10-17(22)25)19(27)23-11-13-3-1-2-4-15(13)21/h1-8,16H,9-11H2,(H2,22,25)(H,23,27)(H,24,26)/t16-/m0/s1. The molecule has 0 spiro atoms. The summed E-state index contributed by atoms with van der Waals surface area (Å²) in [6, 6.07) is 11.2. The highest BCUT2D eigenvalue weighted by atomic mass is 35.5. The van der Waals surface area contributed by atoms with Crippen LogP contribution in [0.3, 0.4) is 0 Å². The average molecular weight is 392 g/mol. The molecule has 0 radical (unpaired) electrons. The molecule has 0 unspecified atom stereocenters. The molecule has 2 aromatic rings. The molecule has 3 amide bonds. The Morgan fingerprint density at radius 1 is 1.07 bits per heavy atom. The van der Waals surface area contributed by atoms with Gasteiger partial charge in [0, 0.05) is 29.1 Å². The average Bonchev–Trinajstić information content (AvgIpc) is 2.64. The third kappa shape index (κ3) is 6.38. The first-order valence-electron chi connectivity index (χ1n) is 8.22. The summed E-state index contributed by atoms with van der Waals surface area (Å²) >= 11 is 5.79. The predicted octanol–water partition coefficient (Wildman–Crippen LogP) is 2.16. The molecule has 6 nitrogen and oxygen atoms in total. The molecule has 8 heteroatoms. The summed E-state index contributed by atoms with van der Waals surface area (Å²) in [5, 5.41) is 5.60. The van der Waals surface area contributed by atoms with Gasteiger partial charge in [0.2, 0.25) is 11.8 Å². The van der Waals surface area contributed by atoms with Gasteiger partial charge in [0.05, 0.1) is 0 Å². The highest BCUT2D eigenvalue weighted by Gasteiger charge is 2.22. The smallest absolute Gasteiger partial charge is 0.251 e. The highest BCUT2D eigenvalue weighted by molar-refractivity contribution is 6.30. The summed E-state index contributed by atoms with van der Waals surface area (Å²) < 4.78 is 13.7. The van der Waals surface area contributed by atoms with E-state index in [4.69, 9.17) is 17.3 Å². The van der Waals surface area contributed by atoms with Crippen molar-refractivity contribution in [3.05, 3.63) is 70.5 Å². The molecule has 0 heterocycles. The van der Waals surface area contributed by atoms with Crippen LogP contribution in [0.1, 0.15) is 28.8 Å². The lowest BCUT2D eigenvalue weighted by atomic mass is 10.1. The molecule has 1 atom stereocenters. The molecule has 4 N–H and O–H groups in total. The zero-order valence-corrected chi connectivity index (χ0v) is 15.1. The zero-order chi connectivity index (χ0) is 19.8.